The molecule has 198 valence electrons. The van der Waals surface area contributed by atoms with Crippen molar-refractivity contribution in [1.82, 2.24) is 15.0 Å². The largest absolute Gasteiger partial charge is 0.484 e. The van der Waals surface area contributed by atoms with Gasteiger partial charge in [0.2, 0.25) is 0 Å². The van der Waals surface area contributed by atoms with Crippen molar-refractivity contribution in [3.05, 3.63) is 48.0 Å². The molecule has 10 nitrogen and oxygen atoms in total. The number of fused-ring (bicyclic) bond motifs is 1. The zero-order valence-corrected chi connectivity index (χ0v) is 22.4. The standard InChI is InChI=1S/C25H30FN5O5S/c1-15-9-17(30-37(5,6)33)11-20-22(15)23(28-14-27-20)29-19-8-7-16(26)10-21(19)35-18-12-31(34-13-18)24(32)36-25(2,3)4/h7-11,14,18H,12-13H2,1-6H3,(H,27,28,29). The van der Waals surface area contributed by atoms with Crippen LogP contribution in [0.25, 0.3) is 10.9 Å². The number of aromatic nitrogens is 2. The summed E-state index contributed by atoms with van der Waals surface area (Å²) >= 11 is 0. The van der Waals surface area contributed by atoms with Gasteiger partial charge in [0, 0.05) is 33.7 Å². The average molecular weight is 532 g/mol. The predicted molar refractivity (Wildman–Crippen MR) is 139 cm³/mol. The Morgan fingerprint density at radius 2 is 2.00 bits per heavy atom. The van der Waals surface area contributed by atoms with Crippen LogP contribution in [0.15, 0.2) is 41.0 Å². The maximum atomic E-state index is 14.2. The number of hydroxylamine groups is 2. The topological polar surface area (TPSA) is 115 Å². The summed E-state index contributed by atoms with van der Waals surface area (Å²) in [6.45, 7) is 7.38. The maximum Gasteiger partial charge on any atom is 0.434 e. The van der Waals surface area contributed by atoms with Crippen molar-refractivity contribution in [2.45, 2.75) is 39.4 Å². The van der Waals surface area contributed by atoms with Crippen molar-refractivity contribution in [3.8, 4) is 5.75 Å². The molecule has 1 N–H and O–H groups in total. The lowest BCUT2D eigenvalue weighted by Gasteiger charge is -2.23. The first kappa shape index (κ1) is 26.6. The minimum atomic E-state index is -2.34. The summed E-state index contributed by atoms with van der Waals surface area (Å²) in [6, 6.07) is 7.66. The fourth-order valence-corrected chi connectivity index (χ4v) is 4.37. The van der Waals surface area contributed by atoms with Gasteiger partial charge in [-0.2, -0.15) is 9.43 Å². The van der Waals surface area contributed by atoms with Gasteiger partial charge >= 0.3 is 6.09 Å². The molecule has 0 aliphatic carbocycles. The molecule has 1 unspecified atom stereocenters. The number of aryl methyl sites for hydroxylation is 1. The van der Waals surface area contributed by atoms with Crippen LogP contribution in [-0.2, 0) is 19.3 Å². The minimum absolute atomic E-state index is 0.0923. The molecule has 37 heavy (non-hydrogen) atoms. The number of halogens is 1. The quantitative estimate of drug-likeness (QED) is 0.483. The zero-order chi connectivity index (χ0) is 27.0. The van der Waals surface area contributed by atoms with Crippen LogP contribution < -0.4 is 10.1 Å². The third-order valence-electron chi connectivity index (χ3n) is 5.12. The highest BCUT2D eigenvalue weighted by molar-refractivity contribution is 7.92. The molecule has 1 aromatic heterocycles. The van der Waals surface area contributed by atoms with E-state index in [1.165, 1.54) is 18.5 Å². The van der Waals surface area contributed by atoms with Gasteiger partial charge in [0.25, 0.3) is 0 Å². The number of carbonyl (C=O) groups is 1. The molecule has 0 radical (unpaired) electrons. The number of hydrogen-bond donors (Lipinski definition) is 1. The molecule has 0 bridgehead atoms. The van der Waals surface area contributed by atoms with Crippen molar-refractivity contribution < 1.29 is 27.7 Å². The third-order valence-corrected chi connectivity index (χ3v) is 5.77. The number of anilines is 2. The maximum absolute atomic E-state index is 14.2. The van der Waals surface area contributed by atoms with E-state index in [1.54, 1.807) is 45.4 Å². The van der Waals surface area contributed by atoms with Gasteiger partial charge in [-0.25, -0.2) is 23.4 Å². The number of ether oxygens (including phenoxy) is 2. The van der Waals surface area contributed by atoms with Crippen molar-refractivity contribution in [1.29, 1.82) is 0 Å². The van der Waals surface area contributed by atoms with Gasteiger partial charge in [-0.3, -0.25) is 4.84 Å². The summed E-state index contributed by atoms with van der Waals surface area (Å²) in [6.07, 6.45) is 3.37. The summed E-state index contributed by atoms with van der Waals surface area (Å²) < 4.78 is 41.9. The van der Waals surface area contributed by atoms with E-state index >= 15 is 0 Å². The van der Waals surface area contributed by atoms with Crippen LogP contribution in [0.5, 0.6) is 5.75 Å². The average Bonchev–Trinajstić information content (AvgIpc) is 3.22. The van der Waals surface area contributed by atoms with Crippen molar-refractivity contribution in [2.75, 3.05) is 31.0 Å². The lowest BCUT2D eigenvalue weighted by molar-refractivity contribution is -0.107. The van der Waals surface area contributed by atoms with E-state index in [9.17, 15) is 13.4 Å². The second-order valence-electron chi connectivity index (χ2n) is 9.99. The Morgan fingerprint density at radius 1 is 1.24 bits per heavy atom. The molecule has 4 rings (SSSR count). The zero-order valence-electron chi connectivity index (χ0n) is 21.6. The van der Waals surface area contributed by atoms with Crippen molar-refractivity contribution >= 4 is 43.9 Å². The molecule has 0 spiro atoms. The summed E-state index contributed by atoms with van der Waals surface area (Å²) in [7, 11) is -2.34. The fourth-order valence-electron chi connectivity index (χ4n) is 3.75. The molecule has 12 heteroatoms. The van der Waals surface area contributed by atoms with Crippen LogP contribution in [0.3, 0.4) is 0 Å². The van der Waals surface area contributed by atoms with Gasteiger partial charge in [-0.1, -0.05) is 0 Å². The van der Waals surface area contributed by atoms with Gasteiger partial charge in [0.15, 0.2) is 0 Å². The first-order chi connectivity index (χ1) is 17.3. The van der Waals surface area contributed by atoms with Crippen LogP contribution in [-0.4, -0.2) is 62.7 Å². The SMILES string of the molecule is Cc1cc(N=S(C)(C)=O)cc2ncnc(Nc3ccc(F)cc3OC3CON(C(=O)OC(C)(C)C)C3)c12. The second-order valence-corrected chi connectivity index (χ2v) is 12.5. The van der Waals surface area contributed by atoms with Crippen LogP contribution in [0.4, 0.5) is 26.4 Å². The van der Waals surface area contributed by atoms with E-state index in [0.717, 1.165) is 16.0 Å². The molecule has 1 aliphatic rings. The fraction of sp³-hybridized carbons (Fsp3) is 0.400. The monoisotopic (exact) mass is 531 g/mol. The summed E-state index contributed by atoms with van der Waals surface area (Å²) in [5, 5.41) is 5.04. The smallest absolute Gasteiger partial charge is 0.434 e. The molecule has 1 aliphatic heterocycles. The minimum Gasteiger partial charge on any atom is -0.484 e. The van der Waals surface area contributed by atoms with Gasteiger partial charge < -0.3 is 14.8 Å². The molecule has 2 aromatic carbocycles. The number of hydrogen-bond acceptors (Lipinski definition) is 9. The highest BCUT2D eigenvalue weighted by Crippen LogP contribution is 2.34. The first-order valence-corrected chi connectivity index (χ1v) is 13.9. The number of carbonyl (C=O) groups excluding carboxylic acids is 1. The van der Waals surface area contributed by atoms with Crippen molar-refractivity contribution in [3.63, 3.8) is 0 Å². The summed E-state index contributed by atoms with van der Waals surface area (Å²) in [5.41, 5.74) is 1.80. The van der Waals surface area contributed by atoms with E-state index in [1.807, 2.05) is 13.0 Å². The Hall–Kier alpha value is -3.51. The second kappa shape index (κ2) is 10.1. The normalized spacial score (nSPS) is 16.1. The first-order valence-electron chi connectivity index (χ1n) is 11.6. The Morgan fingerprint density at radius 3 is 2.70 bits per heavy atom. The highest BCUT2D eigenvalue weighted by atomic mass is 32.2. The number of benzene rings is 2. The summed E-state index contributed by atoms with van der Waals surface area (Å²) in [5.74, 6) is 0.228. The Labute approximate surface area is 215 Å². The van der Waals surface area contributed by atoms with E-state index in [4.69, 9.17) is 14.3 Å². The number of amides is 1. The lowest BCUT2D eigenvalue weighted by atomic mass is 10.1. The molecule has 1 fully saturated rings. The lowest BCUT2D eigenvalue weighted by Crippen LogP contribution is -2.35. The van der Waals surface area contributed by atoms with Gasteiger partial charge in [0.1, 0.15) is 42.0 Å². The van der Waals surface area contributed by atoms with Crippen LogP contribution in [0.2, 0.25) is 0 Å². The molecular formula is C25H30FN5O5S. The van der Waals surface area contributed by atoms with Gasteiger partial charge in [-0.05, 0) is 57.5 Å². The number of rotatable bonds is 5. The molecule has 1 atom stereocenters. The molecule has 1 amide bonds. The Balaban J connectivity index is 1.59. The van der Waals surface area contributed by atoms with Crippen molar-refractivity contribution in [2.24, 2.45) is 4.36 Å². The molecular weight excluding hydrogens is 501 g/mol. The van der Waals surface area contributed by atoms with Gasteiger partial charge in [0.05, 0.1) is 23.4 Å². The molecule has 2 heterocycles. The Bertz CT molecular complexity index is 1460. The molecule has 1 saturated heterocycles. The third kappa shape index (κ3) is 6.83. The van der Waals surface area contributed by atoms with Gasteiger partial charge in [-0.15, -0.1) is 0 Å². The molecule has 0 saturated carbocycles. The van der Waals surface area contributed by atoms with Crippen LogP contribution in [0, 0.1) is 12.7 Å². The van der Waals surface area contributed by atoms with E-state index in [0.29, 0.717) is 22.7 Å². The highest BCUT2D eigenvalue weighted by Gasteiger charge is 2.33. The Kier molecular flexibility index (Phi) is 7.24. The predicted octanol–water partition coefficient (Wildman–Crippen LogP) is 5.11. The summed E-state index contributed by atoms with van der Waals surface area (Å²) in [4.78, 5) is 26.4. The molecule has 3 aromatic rings. The number of nitrogens with one attached hydrogen (secondary N) is 1. The van der Waals surface area contributed by atoms with E-state index in [2.05, 4.69) is 19.6 Å². The van der Waals surface area contributed by atoms with E-state index < -0.39 is 33.3 Å². The number of nitrogens with zero attached hydrogens (tertiary/aromatic N) is 4. The van der Waals surface area contributed by atoms with E-state index in [-0.39, 0.29) is 18.9 Å². The van der Waals surface area contributed by atoms with Crippen LogP contribution in [0.1, 0.15) is 26.3 Å². The van der Waals surface area contributed by atoms with Crippen LogP contribution >= 0.6 is 0 Å².